The van der Waals surface area contributed by atoms with Crippen LogP contribution < -0.4 is 20.8 Å². The first-order valence-electron chi connectivity index (χ1n) is 21.7. The summed E-state index contributed by atoms with van der Waals surface area (Å²) in [5.74, 6) is 0.575. The van der Waals surface area contributed by atoms with Crippen molar-refractivity contribution < 1.29 is 28.6 Å². The van der Waals surface area contributed by atoms with E-state index in [9.17, 15) is 14.4 Å². The van der Waals surface area contributed by atoms with Crippen LogP contribution in [0.1, 0.15) is 129 Å². The van der Waals surface area contributed by atoms with Crippen LogP contribution in [0.15, 0.2) is 48.0 Å². The maximum absolute atomic E-state index is 15.3. The van der Waals surface area contributed by atoms with Crippen LogP contribution in [-0.2, 0) is 20.8 Å². The average Bonchev–Trinajstić information content (AvgIpc) is 3.64. The lowest BCUT2D eigenvalue weighted by Gasteiger charge is -2.35. The molecule has 12 heteroatoms. The standard InChI is InChI=1S/C29H28ClFN4O3.C16H33NO.C3H8O/c1-15-8-9-17-14-23(34-28(38-4)24(15)17)18-6-5-7-19(26(18)30)25-16(2)22(11-10-21(25)31)33-27(36)20-12-13-32-35(3)29(20)37;1-7-13(5)11-12-16(9-3,10-4)17-15(18)14(6)8-2;1-2-3-4/h5-7,10-12,14-15,32H,8-9,13H2,1-4H3,(H,33,36);13-14H,7-12H2,1-6H3,(H,17,18);4H,2-3H2,1H3. The summed E-state index contributed by atoms with van der Waals surface area (Å²) in [6, 6.07) is 10.2. The van der Waals surface area contributed by atoms with Crippen molar-refractivity contribution in [1.29, 1.82) is 0 Å². The van der Waals surface area contributed by atoms with E-state index in [0.717, 1.165) is 56.4 Å². The summed E-state index contributed by atoms with van der Waals surface area (Å²) in [5, 5.41) is 15.6. The Morgan fingerprint density at radius 2 is 1.77 bits per heavy atom. The first-order chi connectivity index (χ1) is 28.6. The Hall–Kier alpha value is -4.32. The van der Waals surface area contributed by atoms with Gasteiger partial charge in [-0.2, -0.15) is 0 Å². The second kappa shape index (κ2) is 23.6. The Morgan fingerprint density at radius 3 is 2.37 bits per heavy atom. The zero-order valence-electron chi connectivity index (χ0n) is 37.8. The molecule has 5 rings (SSSR count). The number of carbonyl (C=O) groups excluding carboxylic acids is 3. The van der Waals surface area contributed by atoms with E-state index in [1.165, 1.54) is 41.6 Å². The molecule has 2 aliphatic rings. The topological polar surface area (TPSA) is 133 Å². The average molecular weight is 851 g/mol. The lowest BCUT2D eigenvalue weighted by Crippen LogP contribution is -2.49. The van der Waals surface area contributed by atoms with Crippen molar-refractivity contribution in [3.63, 3.8) is 0 Å². The zero-order valence-corrected chi connectivity index (χ0v) is 38.5. The van der Waals surface area contributed by atoms with E-state index in [4.69, 9.17) is 26.4 Å². The third kappa shape index (κ3) is 12.4. The Labute approximate surface area is 363 Å². The van der Waals surface area contributed by atoms with Gasteiger partial charge < -0.3 is 20.5 Å². The number of hydrogen-bond donors (Lipinski definition) is 4. The van der Waals surface area contributed by atoms with Gasteiger partial charge in [0.15, 0.2) is 0 Å². The van der Waals surface area contributed by atoms with Gasteiger partial charge in [-0.25, -0.2) is 14.8 Å². The number of ether oxygens (including phenoxy) is 1. The molecule has 0 saturated heterocycles. The highest BCUT2D eigenvalue weighted by atomic mass is 35.5. The van der Waals surface area contributed by atoms with Crippen LogP contribution >= 0.6 is 11.6 Å². The molecule has 10 nitrogen and oxygen atoms in total. The number of nitrogens with one attached hydrogen (secondary N) is 3. The molecule has 3 unspecified atom stereocenters. The molecule has 60 heavy (non-hydrogen) atoms. The van der Waals surface area contributed by atoms with Crippen molar-refractivity contribution in [2.75, 3.05) is 32.6 Å². The highest BCUT2D eigenvalue weighted by molar-refractivity contribution is 6.36. The number of fused-ring (bicyclic) bond motifs is 1. The normalized spacial score (nSPS) is 15.7. The number of benzene rings is 2. The summed E-state index contributed by atoms with van der Waals surface area (Å²) < 4.78 is 20.9. The van der Waals surface area contributed by atoms with Crippen LogP contribution in [0.5, 0.6) is 5.88 Å². The number of carbonyl (C=O) groups is 3. The highest BCUT2D eigenvalue weighted by Gasteiger charge is 2.30. The SMILES string of the molecule is CCC(C)CCC(CC)(CC)NC(=O)C(C)CC.CCCO.COc1nc(-c2cccc(-c3c(F)ccc(NC(=O)C4=CCNN(C)C4=O)c3C)c2Cl)cc2c1C(C)CC2. The second-order valence-corrected chi connectivity index (χ2v) is 16.5. The number of nitrogens with zero attached hydrogens (tertiary/aromatic N) is 2. The molecule has 1 aromatic heterocycles. The lowest BCUT2D eigenvalue weighted by molar-refractivity contribution is -0.131. The maximum atomic E-state index is 15.3. The molecule has 0 radical (unpaired) electrons. The number of aliphatic hydroxyl groups is 1. The maximum Gasteiger partial charge on any atom is 0.273 e. The molecule has 3 aromatic rings. The fraction of sp³-hybridized carbons (Fsp3) is 0.542. The smallest absolute Gasteiger partial charge is 0.273 e. The Balaban J connectivity index is 0.000000367. The molecule has 1 aliphatic heterocycles. The lowest BCUT2D eigenvalue weighted by atomic mass is 9.84. The number of hydrogen-bond acceptors (Lipinski definition) is 7. The molecule has 0 saturated carbocycles. The van der Waals surface area contributed by atoms with Crippen LogP contribution in [0.3, 0.4) is 0 Å². The fourth-order valence-corrected chi connectivity index (χ4v) is 7.65. The predicted molar refractivity (Wildman–Crippen MR) is 243 cm³/mol. The van der Waals surface area contributed by atoms with Crippen molar-refractivity contribution in [1.82, 2.24) is 20.7 Å². The molecule has 0 bridgehead atoms. The number of aliphatic hydroxyl groups excluding tert-OH is 1. The van der Waals surface area contributed by atoms with Crippen molar-refractivity contribution in [3.05, 3.63) is 75.6 Å². The number of likely N-dealkylation sites (N-methyl/N-ethyl adjacent to an activating group) is 1. The number of amides is 3. The summed E-state index contributed by atoms with van der Waals surface area (Å²) >= 11 is 6.91. The quantitative estimate of drug-likeness (QED) is 0.112. The van der Waals surface area contributed by atoms with E-state index in [1.54, 1.807) is 33.2 Å². The first-order valence-corrected chi connectivity index (χ1v) is 22.1. The zero-order chi connectivity index (χ0) is 44.7. The molecule has 4 N–H and O–H groups in total. The van der Waals surface area contributed by atoms with E-state index < -0.39 is 17.6 Å². The molecule has 3 amide bonds. The predicted octanol–water partition coefficient (Wildman–Crippen LogP) is 10.3. The van der Waals surface area contributed by atoms with E-state index in [0.29, 0.717) is 58.0 Å². The van der Waals surface area contributed by atoms with Crippen molar-refractivity contribution in [2.24, 2.45) is 11.8 Å². The molecule has 0 spiro atoms. The molecule has 3 atom stereocenters. The van der Waals surface area contributed by atoms with Gasteiger partial charge in [-0.05, 0) is 99.5 Å². The van der Waals surface area contributed by atoms with Crippen molar-refractivity contribution >= 4 is 35.0 Å². The van der Waals surface area contributed by atoms with Crippen LogP contribution in [0.2, 0.25) is 5.02 Å². The molecular formula is C48H69ClFN5O5. The Morgan fingerprint density at radius 1 is 1.10 bits per heavy atom. The third-order valence-corrected chi connectivity index (χ3v) is 12.5. The number of halogens is 2. The summed E-state index contributed by atoms with van der Waals surface area (Å²) in [5.41, 5.74) is 8.09. The van der Waals surface area contributed by atoms with Gasteiger partial charge in [-0.3, -0.25) is 19.4 Å². The van der Waals surface area contributed by atoms with Gasteiger partial charge in [-0.15, -0.1) is 0 Å². The molecule has 2 aromatic carbocycles. The van der Waals surface area contributed by atoms with Crippen molar-refractivity contribution in [2.45, 2.75) is 132 Å². The van der Waals surface area contributed by atoms with Crippen LogP contribution in [0, 0.1) is 24.6 Å². The minimum atomic E-state index is -0.562. The molecule has 1 aliphatic carbocycles. The molecular weight excluding hydrogens is 781 g/mol. The van der Waals surface area contributed by atoms with Crippen LogP contribution in [0.25, 0.3) is 22.4 Å². The van der Waals surface area contributed by atoms with Gasteiger partial charge in [0.05, 0.1) is 17.8 Å². The monoisotopic (exact) mass is 849 g/mol. The van der Waals surface area contributed by atoms with Gasteiger partial charge in [0.1, 0.15) is 11.4 Å². The number of aromatic nitrogens is 1. The minimum Gasteiger partial charge on any atom is -0.481 e. The third-order valence-electron chi connectivity index (χ3n) is 12.1. The van der Waals surface area contributed by atoms with Gasteiger partial charge in [0, 0.05) is 59.6 Å². The van der Waals surface area contributed by atoms with Crippen LogP contribution in [0.4, 0.5) is 10.1 Å². The second-order valence-electron chi connectivity index (χ2n) is 16.2. The Bertz CT molecular complexity index is 1960. The van der Waals surface area contributed by atoms with Gasteiger partial charge in [-0.1, -0.05) is 97.7 Å². The summed E-state index contributed by atoms with van der Waals surface area (Å²) in [6.07, 6.45) is 10.9. The molecule has 2 heterocycles. The van der Waals surface area contributed by atoms with Gasteiger partial charge >= 0.3 is 0 Å². The number of anilines is 1. The van der Waals surface area contributed by atoms with Gasteiger partial charge in [0.25, 0.3) is 11.8 Å². The largest absolute Gasteiger partial charge is 0.481 e. The Kier molecular flexibility index (Phi) is 19.7. The van der Waals surface area contributed by atoms with Crippen molar-refractivity contribution in [3.8, 4) is 28.3 Å². The van der Waals surface area contributed by atoms with E-state index >= 15 is 4.39 Å². The highest BCUT2D eigenvalue weighted by Crippen LogP contribution is 2.44. The summed E-state index contributed by atoms with van der Waals surface area (Å²) in [6.45, 7) is 19.5. The van der Waals surface area contributed by atoms with Gasteiger partial charge in [0.2, 0.25) is 11.8 Å². The van der Waals surface area contributed by atoms with E-state index in [2.05, 4.69) is 57.6 Å². The number of aryl methyl sites for hydroxylation is 1. The van der Waals surface area contributed by atoms with E-state index in [1.807, 2.05) is 26.0 Å². The van der Waals surface area contributed by atoms with E-state index in [-0.39, 0.29) is 28.5 Å². The number of rotatable bonds is 15. The molecule has 0 fully saturated rings. The molecule has 330 valence electrons. The first kappa shape index (κ1) is 50.0. The minimum absolute atomic E-state index is 0.0162. The fourth-order valence-electron chi connectivity index (χ4n) is 7.34. The summed E-state index contributed by atoms with van der Waals surface area (Å²) in [7, 11) is 3.16. The number of methoxy groups -OCH3 is 1. The van der Waals surface area contributed by atoms with Crippen LogP contribution in [-0.4, -0.2) is 65.7 Å². The number of pyridine rings is 1. The summed E-state index contributed by atoms with van der Waals surface area (Å²) in [4.78, 5) is 42.1. The number of hydrazine groups is 1.